The zero-order valence-electron chi connectivity index (χ0n) is 15.3. The maximum absolute atomic E-state index is 5.88. The van der Waals surface area contributed by atoms with Gasteiger partial charge in [0.25, 0.3) is 0 Å². The number of nitrogens with zero attached hydrogens (tertiary/aromatic N) is 3. The first-order chi connectivity index (χ1) is 12.2. The molecule has 1 aromatic carbocycles. The number of aryl methyl sites for hydroxylation is 1. The average Bonchev–Trinajstić information content (AvgIpc) is 2.86. The summed E-state index contributed by atoms with van der Waals surface area (Å²) in [5.41, 5.74) is 2.12. The number of guanidine groups is 1. The number of para-hydroxylation sites is 1. The quantitative estimate of drug-likeness (QED) is 0.406. The zero-order chi connectivity index (χ0) is 17.6. The highest BCUT2D eigenvalue weighted by atomic mass is 127. The lowest BCUT2D eigenvalue weighted by atomic mass is 10.2. The second-order valence-electron chi connectivity index (χ2n) is 5.91. The highest BCUT2D eigenvalue weighted by Crippen LogP contribution is 2.33. The van der Waals surface area contributed by atoms with Crippen molar-refractivity contribution < 1.29 is 9.47 Å². The lowest BCUT2D eigenvalue weighted by Crippen LogP contribution is -2.38. The summed E-state index contributed by atoms with van der Waals surface area (Å²) < 4.78 is 11.6. The number of ether oxygens (including phenoxy) is 2. The number of hydrogen-bond donors (Lipinski definition) is 1. The molecule has 0 bridgehead atoms. The van der Waals surface area contributed by atoms with E-state index in [9.17, 15) is 0 Å². The van der Waals surface area contributed by atoms with Gasteiger partial charge in [-0.05, 0) is 13.0 Å². The molecule has 142 valence electrons. The van der Waals surface area contributed by atoms with E-state index in [0.29, 0.717) is 19.8 Å². The SMILES string of the molecule is CN=C(NCc1cccc2c1OCCCO2)N(C)Cc1csc(C)n1.I. The van der Waals surface area contributed by atoms with Gasteiger partial charge in [0.2, 0.25) is 0 Å². The molecule has 0 amide bonds. The number of halogens is 1. The Bertz CT molecular complexity index is 751. The molecule has 1 aliphatic heterocycles. The van der Waals surface area contributed by atoms with E-state index >= 15 is 0 Å². The molecule has 0 unspecified atom stereocenters. The maximum Gasteiger partial charge on any atom is 0.194 e. The largest absolute Gasteiger partial charge is 0.490 e. The van der Waals surface area contributed by atoms with Crippen LogP contribution in [0.5, 0.6) is 11.5 Å². The van der Waals surface area contributed by atoms with E-state index in [1.807, 2.05) is 26.1 Å². The number of thiazole rings is 1. The van der Waals surface area contributed by atoms with Gasteiger partial charge in [-0.15, -0.1) is 35.3 Å². The Morgan fingerprint density at radius 3 is 2.88 bits per heavy atom. The van der Waals surface area contributed by atoms with Crippen molar-refractivity contribution in [2.75, 3.05) is 27.3 Å². The lowest BCUT2D eigenvalue weighted by molar-refractivity contribution is 0.296. The summed E-state index contributed by atoms with van der Waals surface area (Å²) in [5.74, 6) is 2.47. The fourth-order valence-electron chi connectivity index (χ4n) is 2.75. The third-order valence-corrected chi connectivity index (χ3v) is 4.75. The molecular formula is C18H25IN4O2S. The van der Waals surface area contributed by atoms with Gasteiger partial charge >= 0.3 is 0 Å². The fourth-order valence-corrected chi connectivity index (χ4v) is 3.35. The van der Waals surface area contributed by atoms with Gasteiger partial charge in [-0.1, -0.05) is 12.1 Å². The standard InChI is InChI=1S/C18H24N4O2S.HI/c1-13-21-15(12-25-13)11-22(3)18(19-2)20-10-14-6-4-7-16-17(14)24-9-5-8-23-16;/h4,6-7,12H,5,8-11H2,1-3H3,(H,19,20);1H. The molecule has 0 atom stereocenters. The number of aliphatic imine (C=N–C) groups is 1. The number of rotatable bonds is 4. The van der Waals surface area contributed by atoms with Gasteiger partial charge in [-0.2, -0.15) is 0 Å². The van der Waals surface area contributed by atoms with Crippen LogP contribution in [0.4, 0.5) is 0 Å². The molecule has 3 rings (SSSR count). The van der Waals surface area contributed by atoms with Crippen molar-refractivity contribution in [3.8, 4) is 11.5 Å². The second-order valence-corrected chi connectivity index (χ2v) is 6.97. The Balaban J connectivity index is 0.00000243. The molecule has 1 N–H and O–H groups in total. The van der Waals surface area contributed by atoms with Gasteiger partial charge in [0.15, 0.2) is 17.5 Å². The number of hydrogen-bond acceptors (Lipinski definition) is 5. The van der Waals surface area contributed by atoms with E-state index in [0.717, 1.165) is 46.7 Å². The van der Waals surface area contributed by atoms with Crippen molar-refractivity contribution in [3.05, 3.63) is 39.8 Å². The lowest BCUT2D eigenvalue weighted by Gasteiger charge is -2.22. The average molecular weight is 488 g/mol. The van der Waals surface area contributed by atoms with Crippen LogP contribution in [0.15, 0.2) is 28.6 Å². The van der Waals surface area contributed by atoms with Crippen molar-refractivity contribution in [1.29, 1.82) is 0 Å². The van der Waals surface area contributed by atoms with Crippen molar-refractivity contribution in [3.63, 3.8) is 0 Å². The fraction of sp³-hybridized carbons (Fsp3) is 0.444. The minimum Gasteiger partial charge on any atom is -0.490 e. The van der Waals surface area contributed by atoms with Crippen LogP contribution < -0.4 is 14.8 Å². The monoisotopic (exact) mass is 488 g/mol. The van der Waals surface area contributed by atoms with E-state index in [1.54, 1.807) is 18.4 Å². The molecule has 0 spiro atoms. The Morgan fingerprint density at radius 2 is 2.15 bits per heavy atom. The summed E-state index contributed by atoms with van der Waals surface area (Å²) in [6.45, 7) is 4.74. The summed E-state index contributed by atoms with van der Waals surface area (Å²) in [5, 5.41) is 6.56. The number of fused-ring (bicyclic) bond motifs is 1. The third kappa shape index (κ3) is 5.23. The third-order valence-electron chi connectivity index (χ3n) is 3.93. The molecule has 26 heavy (non-hydrogen) atoms. The molecule has 0 radical (unpaired) electrons. The molecule has 8 heteroatoms. The van der Waals surface area contributed by atoms with Crippen molar-refractivity contribution >= 4 is 41.3 Å². The summed E-state index contributed by atoms with van der Waals surface area (Å²) in [7, 11) is 3.80. The summed E-state index contributed by atoms with van der Waals surface area (Å²) in [6.07, 6.45) is 0.902. The topological polar surface area (TPSA) is 59.0 Å². The van der Waals surface area contributed by atoms with Crippen LogP contribution in [-0.4, -0.2) is 43.2 Å². The van der Waals surface area contributed by atoms with Crippen LogP contribution in [0.2, 0.25) is 0 Å². The predicted molar refractivity (Wildman–Crippen MR) is 116 cm³/mol. The van der Waals surface area contributed by atoms with Crippen LogP contribution in [-0.2, 0) is 13.1 Å². The zero-order valence-corrected chi connectivity index (χ0v) is 18.5. The maximum atomic E-state index is 5.88. The van der Waals surface area contributed by atoms with Crippen LogP contribution in [0, 0.1) is 6.92 Å². The van der Waals surface area contributed by atoms with Crippen LogP contribution in [0.25, 0.3) is 0 Å². The van der Waals surface area contributed by atoms with E-state index in [2.05, 4.69) is 31.6 Å². The van der Waals surface area contributed by atoms with Gasteiger partial charge < -0.3 is 19.7 Å². The molecular weight excluding hydrogens is 463 g/mol. The summed E-state index contributed by atoms with van der Waals surface area (Å²) in [4.78, 5) is 10.9. The minimum atomic E-state index is 0. The number of nitrogens with one attached hydrogen (secondary N) is 1. The number of benzene rings is 1. The smallest absolute Gasteiger partial charge is 0.194 e. The van der Waals surface area contributed by atoms with Crippen molar-refractivity contribution in [1.82, 2.24) is 15.2 Å². The molecule has 1 aliphatic rings. The normalized spacial score (nSPS) is 13.6. The molecule has 0 aliphatic carbocycles. The van der Waals surface area contributed by atoms with Gasteiger partial charge in [-0.3, -0.25) is 4.99 Å². The predicted octanol–water partition coefficient (Wildman–Crippen LogP) is 3.44. The Morgan fingerprint density at radius 1 is 1.35 bits per heavy atom. The molecule has 0 saturated carbocycles. The summed E-state index contributed by atoms with van der Waals surface area (Å²) >= 11 is 1.66. The van der Waals surface area contributed by atoms with E-state index in [1.165, 1.54) is 0 Å². The minimum absolute atomic E-state index is 0. The molecule has 0 fully saturated rings. The van der Waals surface area contributed by atoms with Gasteiger partial charge in [0.1, 0.15) is 0 Å². The highest BCUT2D eigenvalue weighted by Gasteiger charge is 2.15. The highest BCUT2D eigenvalue weighted by molar-refractivity contribution is 14.0. The Kier molecular flexibility index (Phi) is 7.95. The van der Waals surface area contributed by atoms with Gasteiger partial charge in [-0.25, -0.2) is 4.98 Å². The molecule has 1 aromatic heterocycles. The Labute approximate surface area is 175 Å². The van der Waals surface area contributed by atoms with E-state index in [4.69, 9.17) is 9.47 Å². The molecule has 2 heterocycles. The summed E-state index contributed by atoms with van der Waals surface area (Å²) in [6, 6.07) is 6.00. The molecule has 0 saturated heterocycles. The first-order valence-electron chi connectivity index (χ1n) is 8.37. The Hall–Kier alpha value is -1.55. The van der Waals surface area contributed by atoms with E-state index in [-0.39, 0.29) is 24.0 Å². The first kappa shape index (κ1) is 20.8. The molecule has 6 nitrogen and oxygen atoms in total. The van der Waals surface area contributed by atoms with Gasteiger partial charge in [0.05, 0.1) is 30.5 Å². The van der Waals surface area contributed by atoms with E-state index < -0.39 is 0 Å². The number of aromatic nitrogens is 1. The van der Waals surface area contributed by atoms with Crippen molar-refractivity contribution in [2.45, 2.75) is 26.4 Å². The second kappa shape index (κ2) is 9.96. The molecule has 2 aromatic rings. The van der Waals surface area contributed by atoms with Crippen molar-refractivity contribution in [2.24, 2.45) is 4.99 Å². The van der Waals surface area contributed by atoms with Crippen LogP contribution in [0.3, 0.4) is 0 Å². The van der Waals surface area contributed by atoms with Gasteiger partial charge in [0, 0.05) is 38.0 Å². The first-order valence-corrected chi connectivity index (χ1v) is 9.25. The van der Waals surface area contributed by atoms with Crippen LogP contribution in [0.1, 0.15) is 22.7 Å². The van der Waals surface area contributed by atoms with Crippen LogP contribution >= 0.6 is 35.3 Å².